The summed E-state index contributed by atoms with van der Waals surface area (Å²) < 4.78 is 10.7. The number of methoxy groups -OCH3 is 1. The predicted molar refractivity (Wildman–Crippen MR) is 64.8 cm³/mol. The average Bonchev–Trinajstić information content (AvgIpc) is 2.73. The Labute approximate surface area is 102 Å². The van der Waals surface area contributed by atoms with Crippen LogP contribution >= 0.6 is 0 Å². The molecule has 0 amide bonds. The van der Waals surface area contributed by atoms with Gasteiger partial charge in [-0.05, 0) is 23.6 Å². The monoisotopic (exact) mass is 234 g/mol. The van der Waals surface area contributed by atoms with Crippen LogP contribution in [-0.4, -0.2) is 13.1 Å². The van der Waals surface area contributed by atoms with Gasteiger partial charge < -0.3 is 9.47 Å². The second kappa shape index (κ2) is 4.40. The number of carbonyl (C=O) groups excluding carboxylic acids is 1. The second-order valence-electron chi connectivity index (χ2n) is 4.75. The normalized spacial score (nSPS) is 23.9. The van der Waals surface area contributed by atoms with Crippen molar-refractivity contribution in [2.75, 3.05) is 7.11 Å². The lowest BCUT2D eigenvalue weighted by Crippen LogP contribution is -2.31. The molecule has 1 atom stereocenters. The molecule has 0 aromatic heterocycles. The van der Waals surface area contributed by atoms with E-state index >= 15 is 0 Å². The van der Waals surface area contributed by atoms with Crippen LogP contribution in [0.1, 0.15) is 32.3 Å². The third-order valence-corrected chi connectivity index (χ3v) is 3.51. The van der Waals surface area contributed by atoms with Crippen LogP contribution < -0.4 is 4.74 Å². The lowest BCUT2D eigenvalue weighted by Gasteiger charge is -2.32. The number of hydrogen-bond acceptors (Lipinski definition) is 3. The number of esters is 1. The largest absolute Gasteiger partial charge is 0.497 e. The van der Waals surface area contributed by atoms with E-state index in [2.05, 4.69) is 13.8 Å². The summed E-state index contributed by atoms with van der Waals surface area (Å²) in [5.41, 5.74) is 0.600. The SMILES string of the molecule is COc1ccc(C2(C(C)C)CCC(=O)O2)cc1. The van der Waals surface area contributed by atoms with Gasteiger partial charge in [0.2, 0.25) is 0 Å². The molecule has 92 valence electrons. The van der Waals surface area contributed by atoms with Gasteiger partial charge in [-0.15, -0.1) is 0 Å². The molecule has 1 unspecified atom stereocenters. The average molecular weight is 234 g/mol. The van der Waals surface area contributed by atoms with E-state index in [0.29, 0.717) is 6.42 Å². The van der Waals surface area contributed by atoms with Gasteiger partial charge in [-0.3, -0.25) is 4.79 Å². The summed E-state index contributed by atoms with van der Waals surface area (Å²) in [6.07, 6.45) is 1.26. The summed E-state index contributed by atoms with van der Waals surface area (Å²) in [4.78, 5) is 11.4. The number of benzene rings is 1. The molecule has 1 saturated heterocycles. The third-order valence-electron chi connectivity index (χ3n) is 3.51. The van der Waals surface area contributed by atoms with Crippen molar-refractivity contribution in [1.29, 1.82) is 0 Å². The maximum Gasteiger partial charge on any atom is 0.306 e. The molecule has 0 N–H and O–H groups in total. The Kier molecular flexibility index (Phi) is 3.09. The van der Waals surface area contributed by atoms with Crippen molar-refractivity contribution >= 4 is 5.97 Å². The molecule has 3 heteroatoms. The Morgan fingerprint density at radius 3 is 2.35 bits per heavy atom. The minimum absolute atomic E-state index is 0.102. The molecule has 1 aliphatic rings. The van der Waals surface area contributed by atoms with Gasteiger partial charge >= 0.3 is 5.97 Å². The number of carbonyl (C=O) groups is 1. The Morgan fingerprint density at radius 2 is 1.94 bits per heavy atom. The molecule has 3 nitrogen and oxygen atoms in total. The summed E-state index contributed by atoms with van der Waals surface area (Å²) in [6.45, 7) is 4.17. The van der Waals surface area contributed by atoms with Gasteiger partial charge in [-0.1, -0.05) is 26.0 Å². The van der Waals surface area contributed by atoms with Crippen molar-refractivity contribution < 1.29 is 14.3 Å². The molecule has 1 aromatic rings. The van der Waals surface area contributed by atoms with Crippen LogP contribution in [0.2, 0.25) is 0 Å². The second-order valence-corrected chi connectivity index (χ2v) is 4.75. The smallest absolute Gasteiger partial charge is 0.306 e. The Hall–Kier alpha value is -1.51. The van der Waals surface area contributed by atoms with E-state index in [1.165, 1.54) is 0 Å². The van der Waals surface area contributed by atoms with E-state index < -0.39 is 5.60 Å². The molecular weight excluding hydrogens is 216 g/mol. The number of hydrogen-bond donors (Lipinski definition) is 0. The fraction of sp³-hybridized carbons (Fsp3) is 0.500. The lowest BCUT2D eigenvalue weighted by molar-refractivity contribution is -0.153. The molecule has 0 aliphatic carbocycles. The van der Waals surface area contributed by atoms with Crippen molar-refractivity contribution in [2.24, 2.45) is 5.92 Å². The van der Waals surface area contributed by atoms with Crippen LogP contribution in [0.5, 0.6) is 5.75 Å². The van der Waals surface area contributed by atoms with Crippen LogP contribution in [0.4, 0.5) is 0 Å². The van der Waals surface area contributed by atoms with Gasteiger partial charge in [-0.25, -0.2) is 0 Å². The maximum absolute atomic E-state index is 11.4. The highest BCUT2D eigenvalue weighted by Gasteiger charge is 2.44. The van der Waals surface area contributed by atoms with Gasteiger partial charge in [0.15, 0.2) is 0 Å². The van der Waals surface area contributed by atoms with E-state index in [4.69, 9.17) is 9.47 Å². The number of cyclic esters (lactones) is 1. The molecule has 1 fully saturated rings. The first-order valence-corrected chi connectivity index (χ1v) is 5.95. The molecule has 1 heterocycles. The maximum atomic E-state index is 11.4. The number of ether oxygens (including phenoxy) is 2. The van der Waals surface area contributed by atoms with Crippen LogP contribution in [-0.2, 0) is 15.1 Å². The molecule has 1 aromatic carbocycles. The van der Waals surface area contributed by atoms with Crippen molar-refractivity contribution in [2.45, 2.75) is 32.3 Å². The summed E-state index contributed by atoms with van der Waals surface area (Å²) in [5.74, 6) is 0.980. The summed E-state index contributed by atoms with van der Waals surface area (Å²) in [7, 11) is 1.64. The van der Waals surface area contributed by atoms with Gasteiger partial charge in [0, 0.05) is 12.8 Å². The van der Waals surface area contributed by atoms with Crippen molar-refractivity contribution in [1.82, 2.24) is 0 Å². The number of rotatable bonds is 3. The van der Waals surface area contributed by atoms with Crippen LogP contribution in [0.3, 0.4) is 0 Å². The Bertz CT molecular complexity index is 408. The summed E-state index contributed by atoms with van der Waals surface area (Å²) in [6, 6.07) is 7.78. The van der Waals surface area contributed by atoms with Crippen molar-refractivity contribution in [3.05, 3.63) is 29.8 Å². The molecule has 1 aliphatic heterocycles. The van der Waals surface area contributed by atoms with Crippen molar-refractivity contribution in [3.8, 4) is 5.75 Å². The van der Waals surface area contributed by atoms with Crippen LogP contribution in [0.25, 0.3) is 0 Å². The molecule has 0 saturated carbocycles. The molecule has 0 spiro atoms. The molecule has 0 radical (unpaired) electrons. The van der Waals surface area contributed by atoms with Gasteiger partial charge in [0.25, 0.3) is 0 Å². The first-order valence-electron chi connectivity index (χ1n) is 5.95. The minimum atomic E-state index is -0.455. The standard InChI is InChI=1S/C14H18O3/c1-10(2)14(9-8-13(15)17-14)11-4-6-12(16-3)7-5-11/h4-7,10H,8-9H2,1-3H3. The fourth-order valence-electron chi connectivity index (χ4n) is 2.41. The van der Waals surface area contributed by atoms with E-state index in [0.717, 1.165) is 17.7 Å². The van der Waals surface area contributed by atoms with Gasteiger partial charge in [-0.2, -0.15) is 0 Å². The van der Waals surface area contributed by atoms with Gasteiger partial charge in [0.05, 0.1) is 7.11 Å². The predicted octanol–water partition coefficient (Wildman–Crippen LogP) is 2.88. The van der Waals surface area contributed by atoms with E-state index in [9.17, 15) is 4.79 Å². The molecule has 2 rings (SSSR count). The topological polar surface area (TPSA) is 35.5 Å². The van der Waals surface area contributed by atoms with Gasteiger partial charge in [0.1, 0.15) is 11.4 Å². The summed E-state index contributed by atoms with van der Waals surface area (Å²) >= 11 is 0. The minimum Gasteiger partial charge on any atom is -0.497 e. The quantitative estimate of drug-likeness (QED) is 0.754. The first kappa shape index (κ1) is 12.0. The molecular formula is C14H18O3. The highest BCUT2D eigenvalue weighted by Crippen LogP contribution is 2.43. The first-order chi connectivity index (χ1) is 8.08. The Morgan fingerprint density at radius 1 is 1.29 bits per heavy atom. The van der Waals surface area contributed by atoms with Crippen LogP contribution in [0.15, 0.2) is 24.3 Å². The molecule has 17 heavy (non-hydrogen) atoms. The van der Waals surface area contributed by atoms with E-state index in [-0.39, 0.29) is 11.9 Å². The third kappa shape index (κ3) is 2.02. The Balaban J connectivity index is 2.36. The van der Waals surface area contributed by atoms with E-state index in [1.807, 2.05) is 24.3 Å². The zero-order chi connectivity index (χ0) is 12.5. The lowest BCUT2D eigenvalue weighted by atomic mass is 9.81. The highest BCUT2D eigenvalue weighted by atomic mass is 16.6. The van der Waals surface area contributed by atoms with Crippen molar-refractivity contribution in [3.63, 3.8) is 0 Å². The zero-order valence-electron chi connectivity index (χ0n) is 10.5. The zero-order valence-corrected chi connectivity index (χ0v) is 10.5. The van der Waals surface area contributed by atoms with E-state index in [1.54, 1.807) is 7.11 Å². The fourth-order valence-corrected chi connectivity index (χ4v) is 2.41. The highest BCUT2D eigenvalue weighted by molar-refractivity contribution is 5.72. The van der Waals surface area contributed by atoms with Crippen LogP contribution in [0, 0.1) is 5.92 Å². The molecule has 0 bridgehead atoms. The summed E-state index contributed by atoms with van der Waals surface area (Å²) in [5, 5.41) is 0.